The van der Waals surface area contributed by atoms with Gasteiger partial charge in [-0.2, -0.15) is 9.40 Å². The molecule has 0 unspecified atom stereocenters. The van der Waals surface area contributed by atoms with E-state index in [9.17, 15) is 8.42 Å². The third-order valence-corrected chi connectivity index (χ3v) is 7.05. The van der Waals surface area contributed by atoms with Crippen LogP contribution in [0.25, 0.3) is 0 Å². The Morgan fingerprint density at radius 2 is 1.83 bits per heavy atom. The van der Waals surface area contributed by atoms with Crippen LogP contribution < -0.4 is 5.32 Å². The molecule has 1 fully saturated rings. The van der Waals surface area contributed by atoms with Crippen molar-refractivity contribution in [3.63, 3.8) is 0 Å². The summed E-state index contributed by atoms with van der Waals surface area (Å²) in [5.41, 5.74) is 2.07. The molecule has 1 aliphatic rings. The van der Waals surface area contributed by atoms with E-state index in [2.05, 4.69) is 22.5 Å². The monoisotopic (exact) mass is 426 g/mol. The predicted octanol–water partition coefficient (Wildman–Crippen LogP) is 3.13. The molecule has 0 aliphatic carbocycles. The SMILES string of the molecule is C[C@@H](Nc1ccn(Cc2ccccc2)n1)c1cccc(S(=O)(=O)N2CCOCC2)c1. The highest BCUT2D eigenvalue weighted by Gasteiger charge is 2.26. The molecule has 0 radical (unpaired) electrons. The zero-order valence-corrected chi connectivity index (χ0v) is 17.8. The summed E-state index contributed by atoms with van der Waals surface area (Å²) in [7, 11) is -3.52. The van der Waals surface area contributed by atoms with E-state index in [4.69, 9.17) is 4.74 Å². The molecule has 0 bridgehead atoms. The van der Waals surface area contributed by atoms with Gasteiger partial charge >= 0.3 is 0 Å². The standard InChI is InChI=1S/C22H26N4O3S/c1-18(23-22-10-11-25(24-22)17-19-6-3-2-4-7-19)20-8-5-9-21(16-20)30(27,28)26-12-14-29-15-13-26/h2-11,16,18H,12-15,17H2,1H3,(H,23,24)/t18-/m1/s1. The quantitative estimate of drug-likeness (QED) is 0.628. The van der Waals surface area contributed by atoms with Crippen molar-refractivity contribution in [2.24, 2.45) is 0 Å². The van der Waals surface area contributed by atoms with Crippen LogP contribution in [-0.4, -0.2) is 48.8 Å². The molecule has 0 amide bonds. The van der Waals surface area contributed by atoms with Gasteiger partial charge < -0.3 is 10.1 Å². The number of aromatic nitrogens is 2. The number of nitrogens with one attached hydrogen (secondary N) is 1. The summed E-state index contributed by atoms with van der Waals surface area (Å²) in [6, 6.07) is 19.1. The summed E-state index contributed by atoms with van der Waals surface area (Å²) in [6.07, 6.45) is 1.93. The van der Waals surface area contributed by atoms with Gasteiger partial charge in [0.15, 0.2) is 0 Å². The van der Waals surface area contributed by atoms with Gasteiger partial charge in [-0.05, 0) is 30.2 Å². The van der Waals surface area contributed by atoms with E-state index in [1.54, 1.807) is 18.2 Å². The first-order valence-corrected chi connectivity index (χ1v) is 11.5. The zero-order valence-electron chi connectivity index (χ0n) is 16.9. The lowest BCUT2D eigenvalue weighted by Gasteiger charge is -2.26. The van der Waals surface area contributed by atoms with E-state index < -0.39 is 10.0 Å². The average Bonchev–Trinajstić information content (AvgIpc) is 3.21. The number of hydrogen-bond donors (Lipinski definition) is 1. The van der Waals surface area contributed by atoms with Crippen molar-refractivity contribution in [2.75, 3.05) is 31.6 Å². The average molecular weight is 427 g/mol. The molecule has 8 heteroatoms. The third kappa shape index (κ3) is 4.72. The molecule has 0 saturated carbocycles. The highest BCUT2D eigenvalue weighted by Crippen LogP contribution is 2.23. The minimum absolute atomic E-state index is 0.0927. The van der Waals surface area contributed by atoms with Gasteiger partial charge in [0.05, 0.1) is 30.7 Å². The lowest BCUT2D eigenvalue weighted by Crippen LogP contribution is -2.40. The van der Waals surface area contributed by atoms with E-state index in [0.717, 1.165) is 11.4 Å². The van der Waals surface area contributed by atoms with Crippen LogP contribution in [0.2, 0.25) is 0 Å². The smallest absolute Gasteiger partial charge is 0.243 e. The molecule has 30 heavy (non-hydrogen) atoms. The predicted molar refractivity (Wildman–Crippen MR) is 116 cm³/mol. The summed E-state index contributed by atoms with van der Waals surface area (Å²) in [6.45, 7) is 4.34. The number of anilines is 1. The van der Waals surface area contributed by atoms with Crippen LogP contribution in [0.5, 0.6) is 0 Å². The van der Waals surface area contributed by atoms with Gasteiger partial charge in [0, 0.05) is 25.4 Å². The first-order chi connectivity index (χ1) is 14.5. The van der Waals surface area contributed by atoms with E-state index in [1.807, 2.05) is 48.1 Å². The largest absolute Gasteiger partial charge is 0.379 e. The number of hydrogen-bond acceptors (Lipinski definition) is 5. The normalized spacial score (nSPS) is 16.3. The minimum atomic E-state index is -3.52. The summed E-state index contributed by atoms with van der Waals surface area (Å²) in [4.78, 5) is 0.310. The molecule has 3 aromatic rings. The number of nitrogens with zero attached hydrogens (tertiary/aromatic N) is 3. The lowest BCUT2D eigenvalue weighted by molar-refractivity contribution is 0.0730. The highest BCUT2D eigenvalue weighted by molar-refractivity contribution is 7.89. The van der Waals surface area contributed by atoms with Crippen LogP contribution in [0.3, 0.4) is 0 Å². The minimum Gasteiger partial charge on any atom is -0.379 e. The van der Waals surface area contributed by atoms with Crippen molar-refractivity contribution < 1.29 is 13.2 Å². The number of sulfonamides is 1. The Labute approximate surface area is 177 Å². The van der Waals surface area contributed by atoms with Gasteiger partial charge in [0.25, 0.3) is 0 Å². The summed E-state index contributed by atoms with van der Waals surface area (Å²) < 4.78 is 34.5. The van der Waals surface area contributed by atoms with E-state index >= 15 is 0 Å². The molecule has 2 aromatic carbocycles. The first kappa shape index (κ1) is 20.6. The molecule has 1 N–H and O–H groups in total. The van der Waals surface area contributed by atoms with E-state index in [0.29, 0.717) is 37.7 Å². The molecule has 1 saturated heterocycles. The Hall–Kier alpha value is -2.68. The van der Waals surface area contributed by atoms with Crippen LogP contribution in [0, 0.1) is 0 Å². The van der Waals surface area contributed by atoms with Crippen molar-refractivity contribution in [1.82, 2.24) is 14.1 Å². The second-order valence-electron chi connectivity index (χ2n) is 7.34. The van der Waals surface area contributed by atoms with Crippen molar-refractivity contribution >= 4 is 15.8 Å². The summed E-state index contributed by atoms with van der Waals surface area (Å²) >= 11 is 0. The van der Waals surface area contributed by atoms with Gasteiger partial charge in [0.2, 0.25) is 10.0 Å². The van der Waals surface area contributed by atoms with Crippen LogP contribution in [0.4, 0.5) is 5.82 Å². The number of morpholine rings is 1. The molecule has 4 rings (SSSR count). The van der Waals surface area contributed by atoms with Crippen LogP contribution in [0.15, 0.2) is 71.8 Å². The summed E-state index contributed by atoms with van der Waals surface area (Å²) in [5.74, 6) is 0.750. The van der Waals surface area contributed by atoms with Gasteiger partial charge in [-0.15, -0.1) is 0 Å². The Bertz CT molecular complexity index is 1080. The molecular weight excluding hydrogens is 400 g/mol. The Balaban J connectivity index is 1.45. The van der Waals surface area contributed by atoms with Gasteiger partial charge in [-0.25, -0.2) is 8.42 Å². The van der Waals surface area contributed by atoms with Gasteiger partial charge in [-0.3, -0.25) is 4.68 Å². The molecule has 0 spiro atoms. The number of benzene rings is 2. The fourth-order valence-electron chi connectivity index (χ4n) is 3.48. The highest BCUT2D eigenvalue weighted by atomic mass is 32.2. The Morgan fingerprint density at radius 1 is 1.07 bits per heavy atom. The molecule has 1 atom stereocenters. The molecule has 2 heterocycles. The van der Waals surface area contributed by atoms with Crippen molar-refractivity contribution in [2.45, 2.75) is 24.4 Å². The Kier molecular flexibility index (Phi) is 6.17. The van der Waals surface area contributed by atoms with Gasteiger partial charge in [-0.1, -0.05) is 42.5 Å². The third-order valence-electron chi connectivity index (χ3n) is 5.16. The summed E-state index contributed by atoms with van der Waals surface area (Å²) in [5, 5.41) is 7.94. The van der Waals surface area contributed by atoms with Gasteiger partial charge in [0.1, 0.15) is 5.82 Å². The molecule has 7 nitrogen and oxygen atoms in total. The molecule has 1 aliphatic heterocycles. The maximum atomic E-state index is 12.9. The van der Waals surface area contributed by atoms with Crippen LogP contribution in [0.1, 0.15) is 24.1 Å². The maximum absolute atomic E-state index is 12.9. The van der Waals surface area contributed by atoms with E-state index in [1.165, 1.54) is 9.87 Å². The fraction of sp³-hybridized carbons (Fsp3) is 0.318. The fourth-order valence-corrected chi connectivity index (χ4v) is 4.95. The second-order valence-corrected chi connectivity index (χ2v) is 9.28. The molecule has 1 aromatic heterocycles. The van der Waals surface area contributed by atoms with Crippen molar-refractivity contribution in [3.05, 3.63) is 78.0 Å². The lowest BCUT2D eigenvalue weighted by atomic mass is 10.1. The van der Waals surface area contributed by atoms with Crippen molar-refractivity contribution in [1.29, 1.82) is 0 Å². The number of ether oxygens (including phenoxy) is 1. The molecular formula is C22H26N4O3S. The molecule has 158 valence electrons. The van der Waals surface area contributed by atoms with Crippen molar-refractivity contribution in [3.8, 4) is 0 Å². The zero-order chi connectivity index (χ0) is 21.0. The Morgan fingerprint density at radius 3 is 2.60 bits per heavy atom. The topological polar surface area (TPSA) is 76.5 Å². The maximum Gasteiger partial charge on any atom is 0.243 e. The van der Waals surface area contributed by atoms with E-state index in [-0.39, 0.29) is 6.04 Å². The second kappa shape index (κ2) is 8.99. The first-order valence-electron chi connectivity index (χ1n) is 10.0. The number of rotatable bonds is 7. The van der Waals surface area contributed by atoms with Crippen LogP contribution >= 0.6 is 0 Å². The van der Waals surface area contributed by atoms with Crippen LogP contribution in [-0.2, 0) is 21.3 Å².